The Labute approximate surface area is 178 Å². The number of carboxylic acid groups (broad SMARTS) is 2. The van der Waals surface area contributed by atoms with Gasteiger partial charge in [-0.15, -0.1) is 0 Å². The first kappa shape index (κ1) is 20.7. The van der Waals surface area contributed by atoms with Crippen molar-refractivity contribution >= 4 is 29.2 Å². The zero-order valence-electron chi connectivity index (χ0n) is 16.0. The maximum absolute atomic E-state index is 14.0. The SMILES string of the molecule is O=C(O)c1ccc(F)c(NC(=O)c2cnc3cc(-c4ccc(C(=O)O)c(F)c4)ccn23)c1. The molecule has 160 valence electrons. The molecule has 0 aliphatic carbocycles. The number of aromatic carboxylic acids is 2. The molecule has 0 fully saturated rings. The number of nitrogens with zero attached hydrogens (tertiary/aromatic N) is 2. The Kier molecular flexibility index (Phi) is 5.11. The van der Waals surface area contributed by atoms with Gasteiger partial charge in [-0.25, -0.2) is 23.4 Å². The highest BCUT2D eigenvalue weighted by atomic mass is 19.1. The van der Waals surface area contributed by atoms with Crippen molar-refractivity contribution in [2.75, 3.05) is 5.32 Å². The lowest BCUT2D eigenvalue weighted by Gasteiger charge is -2.08. The second kappa shape index (κ2) is 7.91. The fourth-order valence-electron chi connectivity index (χ4n) is 3.14. The third-order valence-corrected chi connectivity index (χ3v) is 4.74. The number of fused-ring (bicyclic) bond motifs is 1. The summed E-state index contributed by atoms with van der Waals surface area (Å²) in [6, 6.07) is 9.86. The van der Waals surface area contributed by atoms with Gasteiger partial charge in [0, 0.05) is 6.20 Å². The first-order valence-corrected chi connectivity index (χ1v) is 9.09. The van der Waals surface area contributed by atoms with E-state index in [0.717, 1.165) is 30.3 Å². The first-order valence-electron chi connectivity index (χ1n) is 9.09. The lowest BCUT2D eigenvalue weighted by molar-refractivity contribution is 0.0683. The van der Waals surface area contributed by atoms with Crippen LogP contribution >= 0.6 is 0 Å². The molecular weight excluding hydrogens is 424 g/mol. The lowest BCUT2D eigenvalue weighted by Crippen LogP contribution is -2.15. The van der Waals surface area contributed by atoms with Gasteiger partial charge < -0.3 is 15.5 Å². The largest absolute Gasteiger partial charge is 0.478 e. The Morgan fingerprint density at radius 3 is 2.31 bits per heavy atom. The zero-order valence-corrected chi connectivity index (χ0v) is 16.0. The summed E-state index contributed by atoms with van der Waals surface area (Å²) in [6.07, 6.45) is 2.75. The number of nitrogens with one attached hydrogen (secondary N) is 1. The van der Waals surface area contributed by atoms with Gasteiger partial charge in [-0.2, -0.15) is 0 Å². The molecule has 8 nitrogen and oxygen atoms in total. The Hall–Kier alpha value is -4.60. The molecule has 2 aromatic carbocycles. The molecule has 4 aromatic rings. The van der Waals surface area contributed by atoms with E-state index in [-0.39, 0.29) is 16.9 Å². The van der Waals surface area contributed by atoms with Gasteiger partial charge in [0.2, 0.25) is 0 Å². The summed E-state index contributed by atoms with van der Waals surface area (Å²) in [7, 11) is 0. The number of hydrogen-bond donors (Lipinski definition) is 3. The van der Waals surface area contributed by atoms with E-state index in [4.69, 9.17) is 10.2 Å². The van der Waals surface area contributed by atoms with Gasteiger partial charge in [0.25, 0.3) is 5.91 Å². The number of benzene rings is 2. The van der Waals surface area contributed by atoms with Gasteiger partial charge in [-0.1, -0.05) is 6.07 Å². The van der Waals surface area contributed by atoms with E-state index < -0.39 is 35.0 Å². The van der Waals surface area contributed by atoms with Crippen LogP contribution in [0.15, 0.2) is 60.9 Å². The van der Waals surface area contributed by atoms with Crippen molar-refractivity contribution in [3.05, 3.63) is 89.4 Å². The number of hydrogen-bond acceptors (Lipinski definition) is 4. The van der Waals surface area contributed by atoms with E-state index >= 15 is 0 Å². The lowest BCUT2D eigenvalue weighted by atomic mass is 10.0. The normalized spacial score (nSPS) is 10.8. The van der Waals surface area contributed by atoms with Crippen molar-refractivity contribution in [3.8, 4) is 11.1 Å². The van der Waals surface area contributed by atoms with Crippen molar-refractivity contribution in [3.63, 3.8) is 0 Å². The summed E-state index contributed by atoms with van der Waals surface area (Å²) in [5.41, 5.74) is 0.395. The number of carbonyl (C=O) groups excluding carboxylic acids is 1. The minimum absolute atomic E-state index is 0.0547. The zero-order chi connectivity index (χ0) is 23.0. The van der Waals surface area contributed by atoms with Crippen LogP contribution in [0.3, 0.4) is 0 Å². The Bertz CT molecular complexity index is 1410. The van der Waals surface area contributed by atoms with Crippen LogP contribution in [0, 0.1) is 11.6 Å². The minimum atomic E-state index is -1.38. The highest BCUT2D eigenvalue weighted by Gasteiger charge is 2.17. The number of aromatic nitrogens is 2. The molecule has 1 amide bonds. The average Bonchev–Trinajstić information content (AvgIpc) is 3.18. The number of halogens is 2. The Morgan fingerprint density at radius 2 is 1.62 bits per heavy atom. The maximum Gasteiger partial charge on any atom is 0.338 e. The Morgan fingerprint density at radius 1 is 0.875 bits per heavy atom. The van der Waals surface area contributed by atoms with Gasteiger partial charge in [0.05, 0.1) is 23.0 Å². The minimum Gasteiger partial charge on any atom is -0.478 e. The second-order valence-corrected chi connectivity index (χ2v) is 6.74. The quantitative estimate of drug-likeness (QED) is 0.435. The van der Waals surface area contributed by atoms with Crippen LogP contribution in [0.1, 0.15) is 31.2 Å². The van der Waals surface area contributed by atoms with E-state index in [1.165, 1.54) is 22.9 Å². The van der Waals surface area contributed by atoms with Crippen molar-refractivity contribution in [2.24, 2.45) is 0 Å². The Balaban J connectivity index is 1.64. The predicted molar refractivity (Wildman–Crippen MR) is 109 cm³/mol. The monoisotopic (exact) mass is 437 g/mol. The highest BCUT2D eigenvalue weighted by molar-refractivity contribution is 6.04. The maximum atomic E-state index is 14.0. The van der Waals surface area contributed by atoms with Crippen molar-refractivity contribution in [2.45, 2.75) is 0 Å². The molecule has 0 unspecified atom stereocenters. The number of carboxylic acids is 2. The second-order valence-electron chi connectivity index (χ2n) is 6.74. The van der Waals surface area contributed by atoms with Crippen LogP contribution in [-0.4, -0.2) is 37.4 Å². The fraction of sp³-hybridized carbons (Fsp3) is 0. The van der Waals surface area contributed by atoms with E-state index in [2.05, 4.69) is 10.3 Å². The molecule has 10 heteroatoms. The molecule has 3 N–H and O–H groups in total. The molecule has 32 heavy (non-hydrogen) atoms. The number of anilines is 1. The van der Waals surface area contributed by atoms with E-state index in [9.17, 15) is 23.2 Å². The molecule has 0 atom stereocenters. The van der Waals surface area contributed by atoms with Gasteiger partial charge in [-0.3, -0.25) is 9.20 Å². The first-order chi connectivity index (χ1) is 15.2. The summed E-state index contributed by atoms with van der Waals surface area (Å²) in [5.74, 6) is -5.05. The molecule has 4 rings (SSSR count). The van der Waals surface area contributed by atoms with Crippen molar-refractivity contribution in [1.29, 1.82) is 0 Å². The van der Waals surface area contributed by atoms with Gasteiger partial charge in [0.15, 0.2) is 0 Å². The molecule has 2 heterocycles. The number of carbonyl (C=O) groups is 3. The standard InChI is InChI=1S/C22H13F2N3O5/c23-15-4-2-13(21(29)30)8-17(15)26-20(28)18-10-25-19-9-12(5-6-27(18)19)11-1-3-14(22(31)32)16(24)7-11/h1-10H,(H,26,28)(H,29,30)(H,31,32). The summed E-state index contributed by atoms with van der Waals surface area (Å²) in [4.78, 5) is 38.8. The third kappa shape index (κ3) is 3.76. The van der Waals surface area contributed by atoms with Crippen LogP contribution in [0.4, 0.5) is 14.5 Å². The summed E-state index contributed by atoms with van der Waals surface area (Å²) in [6.45, 7) is 0. The predicted octanol–water partition coefficient (Wildman–Crippen LogP) is 3.93. The average molecular weight is 437 g/mol. The summed E-state index contributed by atoms with van der Waals surface area (Å²) < 4.78 is 29.4. The number of pyridine rings is 1. The van der Waals surface area contributed by atoms with Gasteiger partial charge in [0.1, 0.15) is 23.0 Å². The van der Waals surface area contributed by atoms with Crippen molar-refractivity contribution < 1.29 is 33.4 Å². The molecule has 2 aromatic heterocycles. The molecule has 0 aliphatic rings. The van der Waals surface area contributed by atoms with Crippen LogP contribution < -0.4 is 5.32 Å². The fourth-order valence-corrected chi connectivity index (χ4v) is 3.14. The van der Waals surface area contributed by atoms with Gasteiger partial charge in [-0.05, 0) is 53.6 Å². The van der Waals surface area contributed by atoms with Crippen molar-refractivity contribution in [1.82, 2.24) is 9.38 Å². The van der Waals surface area contributed by atoms with Crippen LogP contribution in [0.25, 0.3) is 16.8 Å². The van der Waals surface area contributed by atoms with Crippen LogP contribution in [-0.2, 0) is 0 Å². The highest BCUT2D eigenvalue weighted by Crippen LogP contribution is 2.24. The van der Waals surface area contributed by atoms with Crippen LogP contribution in [0.2, 0.25) is 0 Å². The van der Waals surface area contributed by atoms with Gasteiger partial charge >= 0.3 is 11.9 Å². The summed E-state index contributed by atoms with van der Waals surface area (Å²) in [5, 5.41) is 20.3. The van der Waals surface area contributed by atoms with Crippen LogP contribution in [0.5, 0.6) is 0 Å². The molecule has 0 saturated carbocycles. The third-order valence-electron chi connectivity index (χ3n) is 4.74. The molecular formula is C22H13F2N3O5. The number of rotatable bonds is 5. The summed E-state index contributed by atoms with van der Waals surface area (Å²) >= 11 is 0. The topological polar surface area (TPSA) is 121 Å². The smallest absolute Gasteiger partial charge is 0.338 e. The molecule has 0 saturated heterocycles. The molecule has 0 bridgehead atoms. The number of amides is 1. The molecule has 0 radical (unpaired) electrons. The molecule has 0 aliphatic heterocycles. The van der Waals surface area contributed by atoms with E-state index in [0.29, 0.717) is 16.8 Å². The van der Waals surface area contributed by atoms with E-state index in [1.54, 1.807) is 12.1 Å². The number of imidazole rings is 1. The van der Waals surface area contributed by atoms with E-state index in [1.807, 2.05) is 0 Å². The molecule has 0 spiro atoms.